The van der Waals surface area contributed by atoms with Crippen LogP contribution in [-0.2, 0) is 0 Å². The van der Waals surface area contributed by atoms with E-state index >= 15 is 0 Å². The number of alkyl halides is 4. The van der Waals surface area contributed by atoms with Crippen molar-refractivity contribution in [3.63, 3.8) is 0 Å². The minimum atomic E-state index is 0.850. The van der Waals surface area contributed by atoms with E-state index in [0.717, 1.165) is 15.7 Å². The van der Waals surface area contributed by atoms with Crippen LogP contribution in [0.25, 0.3) is 0 Å². The maximum Gasteiger partial charge on any atom is 0.0654 e. The molecule has 1 aliphatic carbocycles. The fourth-order valence-electron chi connectivity index (χ4n) is 1.65. The average Bonchev–Trinajstić information content (AvgIpc) is 2.04. The lowest BCUT2D eigenvalue weighted by Crippen LogP contribution is -2.21. The van der Waals surface area contributed by atoms with Crippen LogP contribution in [0.2, 0.25) is 0 Å². The lowest BCUT2D eigenvalue weighted by molar-refractivity contribution is 0.314. The molecule has 0 amide bonds. The Balaban J connectivity index is 2.30. The molecule has 12 heavy (non-hydrogen) atoms. The maximum absolute atomic E-state index is 2.57. The lowest BCUT2D eigenvalue weighted by atomic mass is 9.84. The van der Waals surface area contributed by atoms with Gasteiger partial charge in [-0.3, -0.25) is 0 Å². The molecule has 0 unspecified atom stereocenters. The van der Waals surface area contributed by atoms with E-state index in [2.05, 4.69) is 90.4 Å². The summed E-state index contributed by atoms with van der Waals surface area (Å²) in [5.41, 5.74) is 0. The van der Waals surface area contributed by atoms with Gasteiger partial charge in [-0.15, -0.1) is 0 Å². The molecule has 4 heteroatoms. The zero-order chi connectivity index (χ0) is 9.14. The minimum absolute atomic E-state index is 0.850. The molecule has 0 aromatic rings. The summed E-state index contributed by atoms with van der Waals surface area (Å²) in [6, 6.07) is 0. The molecule has 1 aliphatic rings. The average molecular weight is 616 g/mol. The van der Waals surface area contributed by atoms with Gasteiger partial charge in [-0.25, -0.2) is 0 Å². The summed E-state index contributed by atoms with van der Waals surface area (Å²) in [7, 11) is 0. The predicted molar refractivity (Wildman–Crippen MR) is 89.1 cm³/mol. The molecule has 0 atom stereocenters. The molecule has 0 saturated heterocycles. The Morgan fingerprint density at radius 3 is 1.08 bits per heavy atom. The van der Waals surface area contributed by atoms with Gasteiger partial charge in [0.1, 0.15) is 0 Å². The largest absolute Gasteiger partial charge is 0.0707 e. The first-order chi connectivity index (χ1) is 5.61. The van der Waals surface area contributed by atoms with Crippen LogP contribution in [0.1, 0.15) is 25.7 Å². The summed E-state index contributed by atoms with van der Waals surface area (Å²) in [5, 5.41) is 0. The van der Waals surface area contributed by atoms with Crippen molar-refractivity contribution in [2.24, 2.45) is 11.8 Å². The molecule has 0 aliphatic heterocycles. The Labute approximate surface area is 129 Å². The van der Waals surface area contributed by atoms with Gasteiger partial charge in [0.05, 0.1) is 3.86 Å². The van der Waals surface area contributed by atoms with E-state index < -0.39 is 0 Å². The third-order valence-electron chi connectivity index (χ3n) is 2.53. The quantitative estimate of drug-likeness (QED) is 0.297. The van der Waals surface area contributed by atoms with Crippen LogP contribution >= 0.6 is 90.4 Å². The van der Waals surface area contributed by atoms with Crippen LogP contribution in [0, 0.1) is 11.8 Å². The van der Waals surface area contributed by atoms with E-state index in [1.165, 1.54) is 25.7 Å². The molecule has 0 radical (unpaired) electrons. The third-order valence-corrected chi connectivity index (χ3v) is 6.60. The van der Waals surface area contributed by atoms with Crippen LogP contribution in [0.5, 0.6) is 0 Å². The zero-order valence-electron chi connectivity index (χ0n) is 6.65. The highest BCUT2D eigenvalue weighted by Crippen LogP contribution is 2.40. The van der Waals surface area contributed by atoms with E-state index in [9.17, 15) is 0 Å². The van der Waals surface area contributed by atoms with Gasteiger partial charge in [-0.1, -0.05) is 90.4 Å². The first-order valence-electron chi connectivity index (χ1n) is 4.17. The van der Waals surface area contributed by atoms with Gasteiger partial charge in [0.2, 0.25) is 0 Å². The predicted octanol–water partition coefficient (Wildman–Crippen LogP) is 5.19. The smallest absolute Gasteiger partial charge is 0.0654 e. The SMILES string of the molecule is IC(I)C1CCC(C(I)I)CC1. The highest BCUT2D eigenvalue weighted by atomic mass is 127. The molecule has 0 heterocycles. The number of halogens is 4. The first kappa shape index (κ1) is 13.0. The van der Waals surface area contributed by atoms with Crippen molar-refractivity contribution < 1.29 is 0 Å². The second kappa shape index (κ2) is 6.49. The van der Waals surface area contributed by atoms with Crippen molar-refractivity contribution in [3.8, 4) is 0 Å². The highest BCUT2D eigenvalue weighted by Gasteiger charge is 2.27. The third kappa shape index (κ3) is 4.19. The van der Waals surface area contributed by atoms with Crippen LogP contribution in [0.4, 0.5) is 0 Å². The van der Waals surface area contributed by atoms with Crippen molar-refractivity contribution in [1.29, 1.82) is 0 Å². The van der Waals surface area contributed by atoms with Crippen LogP contribution in [-0.4, -0.2) is 3.86 Å². The molecule has 0 N–H and O–H groups in total. The van der Waals surface area contributed by atoms with Crippen molar-refractivity contribution in [2.75, 3.05) is 0 Å². The van der Waals surface area contributed by atoms with Gasteiger partial charge in [-0.2, -0.15) is 0 Å². The fourth-order valence-corrected chi connectivity index (χ4v) is 4.53. The van der Waals surface area contributed by atoms with Crippen molar-refractivity contribution in [1.82, 2.24) is 0 Å². The Bertz CT molecular complexity index is 111. The fraction of sp³-hybridized carbons (Fsp3) is 1.00. The monoisotopic (exact) mass is 616 g/mol. The molecule has 72 valence electrons. The van der Waals surface area contributed by atoms with Crippen LogP contribution in [0.3, 0.4) is 0 Å². The molecular weight excluding hydrogens is 604 g/mol. The zero-order valence-corrected chi connectivity index (χ0v) is 15.3. The van der Waals surface area contributed by atoms with E-state index in [1.807, 2.05) is 0 Å². The Morgan fingerprint density at radius 1 is 0.667 bits per heavy atom. The molecule has 1 fully saturated rings. The summed E-state index contributed by atoms with van der Waals surface area (Å²) < 4.78 is 1.70. The second-order valence-electron chi connectivity index (χ2n) is 3.34. The first-order valence-corrected chi connectivity index (χ1v) is 9.16. The lowest BCUT2D eigenvalue weighted by Gasteiger charge is -2.30. The van der Waals surface area contributed by atoms with E-state index in [1.54, 1.807) is 0 Å². The van der Waals surface area contributed by atoms with Crippen molar-refractivity contribution in [3.05, 3.63) is 0 Å². The molecule has 1 saturated carbocycles. The van der Waals surface area contributed by atoms with E-state index in [0.29, 0.717) is 0 Å². The van der Waals surface area contributed by atoms with E-state index in [4.69, 9.17) is 0 Å². The van der Waals surface area contributed by atoms with Crippen LogP contribution < -0.4 is 0 Å². The Morgan fingerprint density at radius 2 is 0.917 bits per heavy atom. The molecule has 0 aromatic carbocycles. The summed E-state index contributed by atoms with van der Waals surface area (Å²) in [6.07, 6.45) is 5.85. The highest BCUT2D eigenvalue weighted by molar-refractivity contribution is 14.2. The molecule has 0 spiro atoms. The molecule has 0 bridgehead atoms. The standard InChI is InChI=1S/C8H12I4/c9-7(10)5-1-2-6(4-3-5)8(11)12/h5-8H,1-4H2. The number of hydrogen-bond acceptors (Lipinski definition) is 0. The van der Waals surface area contributed by atoms with Gasteiger partial charge in [0.15, 0.2) is 0 Å². The van der Waals surface area contributed by atoms with E-state index in [-0.39, 0.29) is 0 Å². The topological polar surface area (TPSA) is 0 Å². The van der Waals surface area contributed by atoms with Crippen molar-refractivity contribution >= 4 is 90.4 Å². The Kier molecular flexibility index (Phi) is 7.03. The molecule has 1 rings (SSSR count). The molecule has 0 nitrogen and oxygen atoms in total. The maximum atomic E-state index is 2.57. The van der Waals surface area contributed by atoms with Gasteiger partial charge in [-0.05, 0) is 37.5 Å². The number of hydrogen-bond donors (Lipinski definition) is 0. The van der Waals surface area contributed by atoms with Gasteiger partial charge in [0.25, 0.3) is 0 Å². The van der Waals surface area contributed by atoms with Gasteiger partial charge >= 0.3 is 0 Å². The minimum Gasteiger partial charge on any atom is -0.0707 e. The van der Waals surface area contributed by atoms with Crippen LogP contribution in [0.15, 0.2) is 0 Å². The summed E-state index contributed by atoms with van der Waals surface area (Å²) >= 11 is 10.3. The van der Waals surface area contributed by atoms with Crippen molar-refractivity contribution in [2.45, 2.75) is 29.5 Å². The van der Waals surface area contributed by atoms with Gasteiger partial charge in [0, 0.05) is 0 Å². The summed E-state index contributed by atoms with van der Waals surface area (Å²) in [5.74, 6) is 1.99. The normalized spacial score (nSPS) is 31.5. The molecule has 0 aromatic heterocycles. The van der Waals surface area contributed by atoms with Gasteiger partial charge < -0.3 is 0 Å². The Hall–Kier alpha value is 2.92. The number of rotatable bonds is 2. The molecular formula is C8H12I4. The second-order valence-corrected chi connectivity index (χ2v) is 13.5. The summed E-state index contributed by atoms with van der Waals surface area (Å²) in [4.78, 5) is 0. The summed E-state index contributed by atoms with van der Waals surface area (Å²) in [6.45, 7) is 0.